The van der Waals surface area contributed by atoms with E-state index in [9.17, 15) is 4.79 Å². The summed E-state index contributed by atoms with van der Waals surface area (Å²) in [6, 6.07) is 0. The van der Waals surface area contributed by atoms with E-state index in [4.69, 9.17) is 10.5 Å². The van der Waals surface area contributed by atoms with Gasteiger partial charge < -0.3 is 15.8 Å². The van der Waals surface area contributed by atoms with Crippen LogP contribution in [0.3, 0.4) is 0 Å². The molecule has 0 bridgehead atoms. The lowest BCUT2D eigenvalue weighted by Crippen LogP contribution is -2.51. The molecule has 18 heavy (non-hydrogen) atoms. The Kier molecular flexibility index (Phi) is 6.60. The Morgan fingerprint density at radius 3 is 2.83 bits per heavy atom. The number of ether oxygens (including phenoxy) is 1. The Morgan fingerprint density at radius 1 is 1.50 bits per heavy atom. The smallest absolute Gasteiger partial charge is 0.234 e. The molecule has 0 aliphatic carbocycles. The molecule has 0 spiro atoms. The van der Waals surface area contributed by atoms with Crippen molar-refractivity contribution in [3.63, 3.8) is 0 Å². The number of nitrogens with one attached hydrogen (secondary N) is 1. The van der Waals surface area contributed by atoms with Crippen molar-refractivity contribution in [2.24, 2.45) is 11.7 Å². The van der Waals surface area contributed by atoms with E-state index < -0.39 is 0 Å². The molecule has 1 aliphatic rings. The van der Waals surface area contributed by atoms with E-state index in [0.29, 0.717) is 19.0 Å². The summed E-state index contributed by atoms with van der Waals surface area (Å²) in [7, 11) is 0. The van der Waals surface area contributed by atoms with Crippen molar-refractivity contribution in [2.45, 2.75) is 39.4 Å². The van der Waals surface area contributed by atoms with Gasteiger partial charge in [0.15, 0.2) is 0 Å². The Morgan fingerprint density at radius 2 is 2.22 bits per heavy atom. The molecule has 1 amide bonds. The molecule has 106 valence electrons. The molecule has 2 unspecified atom stereocenters. The maximum Gasteiger partial charge on any atom is 0.234 e. The second-order valence-corrected chi connectivity index (χ2v) is 5.53. The van der Waals surface area contributed by atoms with Gasteiger partial charge in [0.1, 0.15) is 0 Å². The molecule has 5 nitrogen and oxygen atoms in total. The van der Waals surface area contributed by atoms with Crippen molar-refractivity contribution in [3.8, 4) is 0 Å². The second kappa shape index (κ2) is 7.71. The summed E-state index contributed by atoms with van der Waals surface area (Å²) < 4.78 is 5.66. The molecule has 1 aliphatic heterocycles. The van der Waals surface area contributed by atoms with Crippen molar-refractivity contribution in [2.75, 3.05) is 32.7 Å². The summed E-state index contributed by atoms with van der Waals surface area (Å²) in [4.78, 5) is 13.9. The fourth-order valence-corrected chi connectivity index (χ4v) is 2.16. The topological polar surface area (TPSA) is 67.6 Å². The zero-order chi connectivity index (χ0) is 13.5. The number of hydrogen-bond acceptors (Lipinski definition) is 4. The van der Waals surface area contributed by atoms with Crippen LogP contribution in [0.25, 0.3) is 0 Å². The van der Waals surface area contributed by atoms with Crippen LogP contribution in [0, 0.1) is 5.92 Å². The molecule has 0 aromatic carbocycles. The van der Waals surface area contributed by atoms with Gasteiger partial charge in [-0.15, -0.1) is 0 Å². The van der Waals surface area contributed by atoms with Gasteiger partial charge in [-0.3, -0.25) is 9.69 Å². The van der Waals surface area contributed by atoms with Crippen LogP contribution in [0.15, 0.2) is 0 Å². The third kappa shape index (κ3) is 5.80. The highest BCUT2D eigenvalue weighted by Crippen LogP contribution is 2.09. The number of morpholine rings is 1. The first-order valence-corrected chi connectivity index (χ1v) is 6.85. The molecule has 0 aromatic heterocycles. The first kappa shape index (κ1) is 15.4. The first-order valence-electron chi connectivity index (χ1n) is 6.85. The lowest BCUT2D eigenvalue weighted by Gasteiger charge is -2.35. The number of carbonyl (C=O) groups excluding carboxylic acids is 1. The molecule has 0 radical (unpaired) electrons. The van der Waals surface area contributed by atoms with Crippen molar-refractivity contribution in [3.05, 3.63) is 0 Å². The Labute approximate surface area is 110 Å². The number of amides is 1. The summed E-state index contributed by atoms with van der Waals surface area (Å²) in [5.74, 6) is 0.718. The third-order valence-corrected chi connectivity index (χ3v) is 3.08. The third-order valence-electron chi connectivity index (χ3n) is 3.08. The number of hydrogen-bond donors (Lipinski definition) is 2. The average Bonchev–Trinajstić information content (AvgIpc) is 2.27. The molecule has 3 N–H and O–H groups in total. The van der Waals surface area contributed by atoms with Crippen molar-refractivity contribution in [1.29, 1.82) is 0 Å². The summed E-state index contributed by atoms with van der Waals surface area (Å²) >= 11 is 0. The Bertz CT molecular complexity index is 259. The molecule has 1 fully saturated rings. The van der Waals surface area contributed by atoms with Gasteiger partial charge >= 0.3 is 0 Å². The fourth-order valence-electron chi connectivity index (χ4n) is 2.16. The molecule has 1 saturated heterocycles. The number of nitrogens with zero attached hydrogens (tertiary/aromatic N) is 1. The Balaban J connectivity index is 2.26. The Hall–Kier alpha value is -0.650. The van der Waals surface area contributed by atoms with Gasteiger partial charge in [0.2, 0.25) is 5.91 Å². The van der Waals surface area contributed by atoms with E-state index in [1.165, 1.54) is 0 Å². The largest absolute Gasteiger partial charge is 0.371 e. The molecule has 1 rings (SSSR count). The average molecular weight is 257 g/mol. The molecular formula is C13H27N3O2. The first-order chi connectivity index (χ1) is 8.51. The molecule has 0 saturated carbocycles. The minimum Gasteiger partial charge on any atom is -0.371 e. The standard InChI is InChI=1S/C13H27N3O2/c1-10(2)4-5-15-13(17)9-16-7-11(3)18-12(6-14)8-16/h10-12H,4-9,14H2,1-3H3,(H,15,17). The van der Waals surface area contributed by atoms with Crippen LogP contribution in [0.2, 0.25) is 0 Å². The van der Waals surface area contributed by atoms with Crippen LogP contribution in [-0.4, -0.2) is 55.7 Å². The minimum absolute atomic E-state index is 0.0530. The monoisotopic (exact) mass is 257 g/mol. The SMILES string of the molecule is CC(C)CCNC(=O)CN1CC(C)OC(CN)C1. The highest BCUT2D eigenvalue weighted by molar-refractivity contribution is 5.77. The fraction of sp³-hybridized carbons (Fsp3) is 0.923. The highest BCUT2D eigenvalue weighted by Gasteiger charge is 2.25. The van der Waals surface area contributed by atoms with Crippen LogP contribution >= 0.6 is 0 Å². The quantitative estimate of drug-likeness (QED) is 0.713. The minimum atomic E-state index is 0.0530. The lowest BCUT2D eigenvalue weighted by atomic mass is 10.1. The van der Waals surface area contributed by atoms with Gasteiger partial charge in [-0.05, 0) is 19.3 Å². The van der Waals surface area contributed by atoms with Gasteiger partial charge in [0, 0.05) is 26.2 Å². The molecule has 1 heterocycles. The van der Waals surface area contributed by atoms with Crippen LogP contribution in [0.4, 0.5) is 0 Å². The normalized spacial score (nSPS) is 25.4. The van der Waals surface area contributed by atoms with Gasteiger partial charge in [0.25, 0.3) is 0 Å². The zero-order valence-electron chi connectivity index (χ0n) is 11.8. The van der Waals surface area contributed by atoms with Gasteiger partial charge in [-0.2, -0.15) is 0 Å². The summed E-state index contributed by atoms with van der Waals surface area (Å²) in [5, 5.41) is 2.96. The van der Waals surface area contributed by atoms with E-state index in [1.807, 2.05) is 6.92 Å². The van der Waals surface area contributed by atoms with Crippen LogP contribution in [0.1, 0.15) is 27.2 Å². The second-order valence-electron chi connectivity index (χ2n) is 5.53. The van der Waals surface area contributed by atoms with Crippen LogP contribution in [0.5, 0.6) is 0 Å². The molecular weight excluding hydrogens is 230 g/mol. The predicted molar refractivity (Wildman–Crippen MR) is 72.3 cm³/mol. The van der Waals surface area contributed by atoms with Crippen molar-refractivity contribution in [1.82, 2.24) is 10.2 Å². The molecule has 2 atom stereocenters. The maximum absolute atomic E-state index is 11.8. The van der Waals surface area contributed by atoms with Gasteiger partial charge in [0.05, 0.1) is 18.8 Å². The van der Waals surface area contributed by atoms with Crippen molar-refractivity contribution < 1.29 is 9.53 Å². The van der Waals surface area contributed by atoms with E-state index in [1.54, 1.807) is 0 Å². The highest BCUT2D eigenvalue weighted by atomic mass is 16.5. The molecule has 5 heteroatoms. The zero-order valence-corrected chi connectivity index (χ0v) is 11.8. The summed E-state index contributed by atoms with van der Waals surface area (Å²) in [6.45, 7) is 9.59. The van der Waals surface area contributed by atoms with Crippen molar-refractivity contribution >= 4 is 5.91 Å². The predicted octanol–water partition coefficient (Wildman–Crippen LogP) is 0.197. The van der Waals surface area contributed by atoms with Crippen LogP contribution in [-0.2, 0) is 9.53 Å². The number of nitrogens with two attached hydrogens (primary N) is 1. The van der Waals surface area contributed by atoms with E-state index in [0.717, 1.165) is 26.1 Å². The summed E-state index contributed by atoms with van der Waals surface area (Å²) in [5.41, 5.74) is 5.62. The maximum atomic E-state index is 11.8. The molecule has 0 aromatic rings. The lowest BCUT2D eigenvalue weighted by molar-refractivity contribution is -0.126. The number of rotatable bonds is 6. The van der Waals surface area contributed by atoms with E-state index >= 15 is 0 Å². The van der Waals surface area contributed by atoms with Gasteiger partial charge in [-0.1, -0.05) is 13.8 Å². The van der Waals surface area contributed by atoms with E-state index in [2.05, 4.69) is 24.1 Å². The van der Waals surface area contributed by atoms with E-state index in [-0.39, 0.29) is 18.1 Å². The van der Waals surface area contributed by atoms with Gasteiger partial charge in [-0.25, -0.2) is 0 Å². The summed E-state index contributed by atoms with van der Waals surface area (Å²) in [6.07, 6.45) is 1.23. The van der Waals surface area contributed by atoms with Crippen LogP contribution < -0.4 is 11.1 Å². The number of carbonyl (C=O) groups is 1.